The van der Waals surface area contributed by atoms with E-state index in [1.807, 2.05) is 18.5 Å². The normalized spacial score (nSPS) is 19.6. The van der Waals surface area contributed by atoms with Crippen LogP contribution in [0.5, 0.6) is 5.75 Å². The van der Waals surface area contributed by atoms with Crippen LogP contribution in [0.1, 0.15) is 31.2 Å². The van der Waals surface area contributed by atoms with E-state index in [4.69, 9.17) is 9.47 Å². The summed E-state index contributed by atoms with van der Waals surface area (Å²) in [4.78, 5) is 6.76. The second kappa shape index (κ2) is 9.89. The second-order valence-corrected chi connectivity index (χ2v) is 7.93. The fourth-order valence-electron chi connectivity index (χ4n) is 3.96. The highest BCUT2D eigenvalue weighted by Gasteiger charge is 2.26. The van der Waals surface area contributed by atoms with Gasteiger partial charge >= 0.3 is 0 Å². The predicted molar refractivity (Wildman–Crippen MR) is 112 cm³/mol. The van der Waals surface area contributed by atoms with Crippen molar-refractivity contribution in [2.75, 3.05) is 37.7 Å². The topological polar surface area (TPSA) is 46.6 Å². The van der Waals surface area contributed by atoms with Crippen LogP contribution in [0.2, 0.25) is 0 Å². The van der Waals surface area contributed by atoms with Gasteiger partial charge in [0.15, 0.2) is 0 Å². The zero-order valence-corrected chi connectivity index (χ0v) is 16.6. The lowest BCUT2D eigenvalue weighted by Crippen LogP contribution is -2.46. The second-order valence-electron chi connectivity index (χ2n) is 7.93. The number of hydrogen-bond donors (Lipinski definition) is 1. The number of anilines is 1. The van der Waals surface area contributed by atoms with Gasteiger partial charge in [0, 0.05) is 31.8 Å². The highest BCUT2D eigenvalue weighted by Crippen LogP contribution is 2.29. The Morgan fingerprint density at radius 1 is 1.14 bits per heavy atom. The van der Waals surface area contributed by atoms with E-state index in [-0.39, 0.29) is 0 Å². The molecule has 5 heteroatoms. The minimum Gasteiger partial charge on any atom is -0.490 e. The quantitative estimate of drug-likeness (QED) is 0.637. The first kappa shape index (κ1) is 19.2. The molecule has 0 radical (unpaired) electrons. The van der Waals surface area contributed by atoms with Gasteiger partial charge < -0.3 is 19.7 Å². The molecule has 1 aromatic heterocycles. The predicted octanol–water partition coefficient (Wildman–Crippen LogP) is 3.65. The minimum absolute atomic E-state index is 0.487. The molecule has 0 spiro atoms. The van der Waals surface area contributed by atoms with Crippen LogP contribution < -0.4 is 15.0 Å². The summed E-state index contributed by atoms with van der Waals surface area (Å²) in [5.74, 6) is 1.64. The molecule has 3 heterocycles. The third-order valence-corrected chi connectivity index (χ3v) is 5.65. The van der Waals surface area contributed by atoms with Crippen molar-refractivity contribution in [2.45, 2.75) is 38.3 Å². The van der Waals surface area contributed by atoms with Gasteiger partial charge in [0.2, 0.25) is 0 Å². The van der Waals surface area contributed by atoms with Crippen molar-refractivity contribution in [3.05, 3.63) is 54.4 Å². The molecule has 1 N–H and O–H groups in total. The number of ether oxygens (including phenoxy) is 2. The summed E-state index contributed by atoms with van der Waals surface area (Å²) in [5.41, 5.74) is 2.42. The van der Waals surface area contributed by atoms with Gasteiger partial charge in [-0.1, -0.05) is 30.3 Å². The molecule has 1 aromatic carbocycles. The first-order chi connectivity index (χ1) is 13.9. The Kier molecular flexibility index (Phi) is 6.79. The van der Waals surface area contributed by atoms with Crippen molar-refractivity contribution in [3.8, 4) is 5.75 Å². The van der Waals surface area contributed by atoms with E-state index >= 15 is 0 Å². The lowest BCUT2D eigenvalue weighted by atomic mass is 9.94. The maximum atomic E-state index is 5.94. The molecule has 0 unspecified atom stereocenters. The van der Waals surface area contributed by atoms with Crippen molar-refractivity contribution in [1.29, 1.82) is 0 Å². The van der Waals surface area contributed by atoms with E-state index < -0.39 is 0 Å². The number of rotatable bonds is 10. The number of hydrogen-bond acceptors (Lipinski definition) is 5. The molecular formula is C23H31N3O2. The number of aromatic nitrogens is 1. The molecule has 0 amide bonds. The molecular weight excluding hydrogens is 350 g/mol. The molecule has 5 nitrogen and oxygen atoms in total. The molecule has 2 saturated heterocycles. The molecule has 2 aliphatic heterocycles. The largest absolute Gasteiger partial charge is 0.490 e. The van der Waals surface area contributed by atoms with Crippen molar-refractivity contribution < 1.29 is 9.47 Å². The van der Waals surface area contributed by atoms with E-state index in [0.29, 0.717) is 12.6 Å². The smallest absolute Gasteiger partial charge is 0.139 e. The van der Waals surface area contributed by atoms with E-state index in [9.17, 15) is 0 Å². The van der Waals surface area contributed by atoms with Crippen molar-refractivity contribution in [1.82, 2.24) is 10.3 Å². The van der Waals surface area contributed by atoms with Crippen LogP contribution in [-0.2, 0) is 11.3 Å². The summed E-state index contributed by atoms with van der Waals surface area (Å²) in [6.45, 7) is 5.61. The van der Waals surface area contributed by atoms with Crippen LogP contribution in [0.15, 0.2) is 48.8 Å². The van der Waals surface area contributed by atoms with Gasteiger partial charge in [-0.15, -0.1) is 0 Å². The monoisotopic (exact) mass is 381 g/mol. The van der Waals surface area contributed by atoms with Gasteiger partial charge in [-0.3, -0.25) is 4.98 Å². The van der Waals surface area contributed by atoms with E-state index in [1.54, 1.807) is 0 Å². The highest BCUT2D eigenvalue weighted by molar-refractivity contribution is 5.50. The summed E-state index contributed by atoms with van der Waals surface area (Å²) < 4.78 is 11.7. The van der Waals surface area contributed by atoms with Gasteiger partial charge in [-0.2, -0.15) is 0 Å². The summed E-state index contributed by atoms with van der Waals surface area (Å²) in [6.07, 6.45) is 8.57. The summed E-state index contributed by atoms with van der Waals surface area (Å²) in [6, 6.07) is 13.0. The van der Waals surface area contributed by atoms with Crippen LogP contribution in [0, 0.1) is 5.92 Å². The van der Waals surface area contributed by atoms with Gasteiger partial charge in [0.05, 0.1) is 24.7 Å². The van der Waals surface area contributed by atoms with Gasteiger partial charge in [0.25, 0.3) is 0 Å². The first-order valence-corrected chi connectivity index (χ1v) is 10.5. The summed E-state index contributed by atoms with van der Waals surface area (Å²) >= 11 is 0. The average Bonchev–Trinajstić information content (AvgIpc) is 3.22. The third kappa shape index (κ3) is 5.46. The Morgan fingerprint density at radius 2 is 2.04 bits per heavy atom. The number of nitrogens with zero attached hydrogens (tertiary/aromatic N) is 2. The van der Waals surface area contributed by atoms with Crippen LogP contribution in [0.4, 0.5) is 5.69 Å². The van der Waals surface area contributed by atoms with Gasteiger partial charge in [-0.25, -0.2) is 0 Å². The molecule has 150 valence electrons. The van der Waals surface area contributed by atoms with Gasteiger partial charge in [-0.05, 0) is 43.7 Å². The molecule has 2 aromatic rings. The number of nitrogens with one attached hydrogen (secondary N) is 1. The van der Waals surface area contributed by atoms with Crippen molar-refractivity contribution in [3.63, 3.8) is 0 Å². The summed E-state index contributed by atoms with van der Waals surface area (Å²) in [7, 11) is 0. The number of pyridine rings is 1. The maximum absolute atomic E-state index is 5.94. The van der Waals surface area contributed by atoms with Crippen LogP contribution in [0.3, 0.4) is 0 Å². The minimum atomic E-state index is 0.487. The average molecular weight is 382 g/mol. The molecule has 0 aliphatic carbocycles. The molecule has 1 atom stereocenters. The van der Waals surface area contributed by atoms with E-state index in [0.717, 1.165) is 50.9 Å². The Bertz CT molecular complexity index is 713. The fourth-order valence-corrected chi connectivity index (χ4v) is 3.96. The number of benzene rings is 1. The third-order valence-electron chi connectivity index (χ3n) is 5.65. The Balaban J connectivity index is 1.11. The molecule has 0 bridgehead atoms. The lowest BCUT2D eigenvalue weighted by molar-refractivity contribution is 0.112. The van der Waals surface area contributed by atoms with Crippen LogP contribution in [-0.4, -0.2) is 43.9 Å². The standard InChI is InChI=1S/C23H31N3O2/c1-2-6-19(7-3-1)17-27-11-5-8-20-15-26(16-20)22-12-23(14-24-13-22)28-18-21-9-4-10-25-21/h1-3,6-7,12-14,20-21,25H,4-5,8-11,15-18H2/t21-/m0/s1. The van der Waals surface area contributed by atoms with Crippen molar-refractivity contribution >= 4 is 5.69 Å². The Labute approximate surface area is 168 Å². The first-order valence-electron chi connectivity index (χ1n) is 10.5. The maximum Gasteiger partial charge on any atom is 0.139 e. The zero-order chi connectivity index (χ0) is 19.0. The van der Waals surface area contributed by atoms with E-state index in [2.05, 4.69) is 45.5 Å². The molecule has 0 saturated carbocycles. The fraction of sp³-hybridized carbons (Fsp3) is 0.522. The van der Waals surface area contributed by atoms with Gasteiger partial charge in [0.1, 0.15) is 12.4 Å². The SMILES string of the molecule is c1ccc(COCCCC2CN(c3cncc(OC[C@@H]4CCCN4)c3)C2)cc1. The molecule has 28 heavy (non-hydrogen) atoms. The molecule has 4 rings (SSSR count). The zero-order valence-electron chi connectivity index (χ0n) is 16.6. The lowest BCUT2D eigenvalue weighted by Gasteiger charge is -2.41. The summed E-state index contributed by atoms with van der Waals surface area (Å²) in [5, 5.41) is 3.46. The van der Waals surface area contributed by atoms with Crippen LogP contribution in [0.25, 0.3) is 0 Å². The molecule has 2 fully saturated rings. The Morgan fingerprint density at radius 3 is 2.86 bits per heavy atom. The van der Waals surface area contributed by atoms with Crippen LogP contribution >= 0.6 is 0 Å². The Hall–Kier alpha value is -2.11. The van der Waals surface area contributed by atoms with E-state index in [1.165, 1.54) is 30.5 Å². The highest BCUT2D eigenvalue weighted by atomic mass is 16.5. The molecule has 2 aliphatic rings. The van der Waals surface area contributed by atoms with Crippen molar-refractivity contribution in [2.24, 2.45) is 5.92 Å².